The summed E-state index contributed by atoms with van der Waals surface area (Å²) in [6.45, 7) is 1.48. The molecule has 2 fully saturated rings. The lowest BCUT2D eigenvalue weighted by atomic mass is 9.90. The maximum absolute atomic E-state index is 14.1. The number of rotatable bonds is 15. The molecule has 0 amide bonds. The van der Waals surface area contributed by atoms with E-state index in [1.807, 2.05) is 0 Å². The molecule has 2 saturated heterocycles. The van der Waals surface area contributed by atoms with Gasteiger partial charge >= 0.3 is 12.4 Å². The predicted octanol–water partition coefficient (Wildman–Crippen LogP) is 7.41. The minimum absolute atomic E-state index is 0.0121. The fourth-order valence-electron chi connectivity index (χ4n) is 5.21. The van der Waals surface area contributed by atoms with Crippen molar-refractivity contribution in [1.82, 2.24) is 0 Å². The van der Waals surface area contributed by atoms with Crippen molar-refractivity contribution in [2.24, 2.45) is 0 Å². The third-order valence-corrected chi connectivity index (χ3v) is 7.85. The second-order valence-electron chi connectivity index (χ2n) is 11.6. The fourth-order valence-corrected chi connectivity index (χ4v) is 5.21. The fraction of sp³-hybridized carbons (Fsp3) is 0.333. The summed E-state index contributed by atoms with van der Waals surface area (Å²) in [5.41, 5.74) is 0.0210. The van der Waals surface area contributed by atoms with Gasteiger partial charge < -0.3 is 33.5 Å². The molecule has 1 N–H and O–H groups in total. The average molecular weight is 691 g/mol. The van der Waals surface area contributed by atoms with Crippen molar-refractivity contribution in [3.05, 3.63) is 119 Å². The number of hydrogen-bond donors (Lipinski definition) is 1. The number of hydrogen-bond acceptors (Lipinski definition) is 7. The van der Waals surface area contributed by atoms with Crippen LogP contribution in [0.15, 0.2) is 97.1 Å². The summed E-state index contributed by atoms with van der Waals surface area (Å²) in [5.74, 6) is -2.65. The van der Waals surface area contributed by atoms with Crippen molar-refractivity contribution in [3.8, 4) is 23.0 Å². The van der Waals surface area contributed by atoms with E-state index in [2.05, 4.69) is 0 Å². The predicted molar refractivity (Wildman–Crippen MR) is 164 cm³/mol. The third-order valence-electron chi connectivity index (χ3n) is 7.85. The number of benzene rings is 4. The monoisotopic (exact) mass is 690 g/mol. The van der Waals surface area contributed by atoms with E-state index in [4.69, 9.17) is 28.4 Å². The zero-order valence-corrected chi connectivity index (χ0v) is 25.8. The zero-order chi connectivity index (χ0) is 34.6. The van der Waals surface area contributed by atoms with Crippen molar-refractivity contribution in [2.75, 3.05) is 33.0 Å². The van der Waals surface area contributed by atoms with Gasteiger partial charge in [-0.25, -0.2) is 0 Å². The molecular formula is C36H32F6O7. The number of halogens is 6. The second kappa shape index (κ2) is 14.6. The van der Waals surface area contributed by atoms with Gasteiger partial charge in [0, 0.05) is 0 Å². The molecule has 0 bridgehead atoms. The maximum atomic E-state index is 14.1. The van der Waals surface area contributed by atoms with E-state index in [0.717, 1.165) is 0 Å². The van der Waals surface area contributed by atoms with Gasteiger partial charge in [-0.1, -0.05) is 48.5 Å². The van der Waals surface area contributed by atoms with E-state index in [0.29, 0.717) is 37.9 Å². The molecule has 4 aromatic carbocycles. The highest BCUT2D eigenvalue weighted by atomic mass is 19.4. The van der Waals surface area contributed by atoms with Gasteiger partial charge in [0.1, 0.15) is 60.3 Å². The number of alkyl halides is 6. The van der Waals surface area contributed by atoms with Crippen LogP contribution in [0.5, 0.6) is 23.0 Å². The lowest BCUT2D eigenvalue weighted by molar-refractivity contribution is -0.142. The van der Waals surface area contributed by atoms with Gasteiger partial charge in [-0.05, 0) is 70.8 Å². The van der Waals surface area contributed by atoms with Crippen LogP contribution in [0, 0.1) is 0 Å². The molecular weight excluding hydrogens is 658 g/mol. The first-order valence-electron chi connectivity index (χ1n) is 15.4. The van der Waals surface area contributed by atoms with Crippen LogP contribution >= 0.6 is 0 Å². The molecule has 260 valence electrons. The van der Waals surface area contributed by atoms with E-state index in [1.54, 1.807) is 0 Å². The number of aliphatic hydroxyl groups excluding tert-OH is 1. The summed E-state index contributed by atoms with van der Waals surface area (Å²) in [6, 6.07) is 21.8. The molecule has 0 radical (unpaired) electrons. The quantitative estimate of drug-likeness (QED) is 0.0791. The first-order chi connectivity index (χ1) is 23.4. The summed E-state index contributed by atoms with van der Waals surface area (Å²) in [7, 11) is 0. The molecule has 49 heavy (non-hydrogen) atoms. The Morgan fingerprint density at radius 2 is 0.837 bits per heavy atom. The van der Waals surface area contributed by atoms with Crippen LogP contribution in [-0.2, 0) is 9.47 Å². The Morgan fingerprint density at radius 1 is 0.531 bits per heavy atom. The topological polar surface area (TPSA) is 82.2 Å². The molecule has 0 aromatic heterocycles. The lowest BCUT2D eigenvalue weighted by Crippen LogP contribution is -2.24. The molecule has 0 aliphatic carbocycles. The molecule has 5 atom stereocenters. The summed E-state index contributed by atoms with van der Waals surface area (Å²) >= 11 is 0. The highest BCUT2D eigenvalue weighted by Crippen LogP contribution is 2.42. The molecule has 2 heterocycles. The Kier molecular flexibility index (Phi) is 10.2. The van der Waals surface area contributed by atoms with Gasteiger partial charge in [0.15, 0.2) is 6.61 Å². The minimum atomic E-state index is -4.58. The Bertz CT molecular complexity index is 1630. The number of aliphatic hydroxyl groups is 1. The molecule has 2 aliphatic rings. The van der Waals surface area contributed by atoms with Crippen LogP contribution in [0.2, 0.25) is 0 Å². The molecule has 7 nitrogen and oxygen atoms in total. The van der Waals surface area contributed by atoms with Gasteiger partial charge in [0.25, 0.3) is 0 Å². The second-order valence-corrected chi connectivity index (χ2v) is 11.6. The minimum Gasteiger partial charge on any atom is -0.491 e. The van der Waals surface area contributed by atoms with Crippen LogP contribution in [0.3, 0.4) is 0 Å². The van der Waals surface area contributed by atoms with E-state index >= 15 is 0 Å². The molecule has 13 heteroatoms. The number of ether oxygens (including phenoxy) is 6. The standard InChI is InChI=1S/C36H32F6O7/c37-35(38,39)33(22-1-9-26(10-2-22)44-17-30-19-46-30)24-5-13-28(14-6-24)48-21-32(43)49-29-15-7-25(8-16-29)34(36(40,41)42)23-3-11-27(12-4-23)45-18-31-20-47-31/h1-16,30-34,43H,17-21H2. The van der Waals surface area contributed by atoms with Gasteiger partial charge in [-0.15, -0.1) is 0 Å². The van der Waals surface area contributed by atoms with E-state index < -0.39 is 37.1 Å². The summed E-state index contributed by atoms with van der Waals surface area (Å²) in [6.07, 6.45) is -10.6. The summed E-state index contributed by atoms with van der Waals surface area (Å²) < 4.78 is 117. The molecule has 0 saturated carbocycles. The molecule has 6 rings (SSSR count). The van der Waals surface area contributed by atoms with Crippen molar-refractivity contribution >= 4 is 0 Å². The smallest absolute Gasteiger partial charge is 0.399 e. The normalized spacial score (nSPS) is 19.0. The van der Waals surface area contributed by atoms with E-state index in [-0.39, 0.29) is 46.0 Å². The van der Waals surface area contributed by atoms with Crippen molar-refractivity contribution in [1.29, 1.82) is 0 Å². The zero-order valence-electron chi connectivity index (χ0n) is 25.8. The average Bonchev–Trinajstić information content (AvgIpc) is 4.00. The first kappa shape index (κ1) is 34.4. The Morgan fingerprint density at radius 3 is 1.14 bits per heavy atom. The highest BCUT2D eigenvalue weighted by Gasteiger charge is 2.43. The van der Waals surface area contributed by atoms with E-state index in [1.165, 1.54) is 97.1 Å². The Balaban J connectivity index is 1.03. The Labute approximate surface area is 277 Å². The van der Waals surface area contributed by atoms with Gasteiger partial charge in [0.05, 0.1) is 13.2 Å². The summed E-state index contributed by atoms with van der Waals surface area (Å²) in [4.78, 5) is 0. The SMILES string of the molecule is OC(COc1ccc(C(c2ccc(OCC3CO3)cc2)C(F)(F)F)cc1)Oc1ccc(C(c2ccc(OCC3CO3)cc2)C(F)(F)F)cc1. The van der Waals surface area contributed by atoms with E-state index in [9.17, 15) is 31.4 Å². The van der Waals surface area contributed by atoms with Crippen LogP contribution in [0.4, 0.5) is 26.3 Å². The molecule has 5 unspecified atom stereocenters. The lowest BCUT2D eigenvalue weighted by Gasteiger charge is -2.22. The van der Waals surface area contributed by atoms with Gasteiger partial charge in [-0.3, -0.25) is 0 Å². The first-order valence-corrected chi connectivity index (χ1v) is 15.4. The van der Waals surface area contributed by atoms with Gasteiger partial charge in [-0.2, -0.15) is 26.3 Å². The summed E-state index contributed by atoms with van der Waals surface area (Å²) in [5, 5.41) is 10.3. The molecule has 0 spiro atoms. The number of epoxide rings is 2. The van der Waals surface area contributed by atoms with Crippen LogP contribution in [0.1, 0.15) is 34.1 Å². The molecule has 4 aromatic rings. The third kappa shape index (κ3) is 9.58. The Hall–Kier alpha value is -4.46. The van der Waals surface area contributed by atoms with Crippen LogP contribution < -0.4 is 18.9 Å². The van der Waals surface area contributed by atoms with Crippen molar-refractivity contribution in [3.63, 3.8) is 0 Å². The molecule has 2 aliphatic heterocycles. The van der Waals surface area contributed by atoms with Crippen LogP contribution in [0.25, 0.3) is 0 Å². The maximum Gasteiger partial charge on any atom is 0.399 e. The highest BCUT2D eigenvalue weighted by molar-refractivity contribution is 5.41. The van der Waals surface area contributed by atoms with Crippen molar-refractivity contribution in [2.45, 2.75) is 42.7 Å². The van der Waals surface area contributed by atoms with Gasteiger partial charge in [0.2, 0.25) is 6.29 Å². The van der Waals surface area contributed by atoms with Crippen molar-refractivity contribution < 1.29 is 59.9 Å². The largest absolute Gasteiger partial charge is 0.491 e. The van der Waals surface area contributed by atoms with Crippen LogP contribution in [-0.4, -0.2) is 69.0 Å².